The summed E-state index contributed by atoms with van der Waals surface area (Å²) in [4.78, 5) is 11.3. The van der Waals surface area contributed by atoms with E-state index in [9.17, 15) is 4.79 Å². The van der Waals surface area contributed by atoms with Crippen LogP contribution in [0.15, 0.2) is 50.8 Å². The Bertz CT molecular complexity index is 748. The topological polar surface area (TPSA) is 83.3 Å². The van der Waals surface area contributed by atoms with Gasteiger partial charge >= 0.3 is 5.97 Å². The van der Waals surface area contributed by atoms with Crippen molar-refractivity contribution in [2.75, 3.05) is 7.11 Å². The number of ether oxygens (including phenoxy) is 1. The van der Waals surface area contributed by atoms with Crippen molar-refractivity contribution < 1.29 is 18.4 Å². The highest BCUT2D eigenvalue weighted by molar-refractivity contribution is 7.98. The number of nitrogens with zero attached hydrogens (tertiary/aromatic N) is 3. The molecule has 0 unspecified atom stereocenters. The third-order valence-corrected chi connectivity index (χ3v) is 3.88. The average Bonchev–Trinajstić information content (AvgIpc) is 3.27. The van der Waals surface area contributed by atoms with E-state index in [1.54, 1.807) is 24.7 Å². The van der Waals surface area contributed by atoms with E-state index in [1.165, 1.54) is 18.9 Å². The SMILES string of the molecule is COC(=O)c1ccc(CSc2nncn2Cc2ccco2)o1. The van der Waals surface area contributed by atoms with Gasteiger partial charge in [0.1, 0.15) is 17.8 Å². The average molecular weight is 319 g/mol. The molecule has 0 saturated heterocycles. The molecule has 0 atom stereocenters. The second-order valence-corrected chi connectivity index (χ2v) is 5.31. The first-order valence-electron chi connectivity index (χ1n) is 6.46. The Labute approximate surface area is 130 Å². The molecule has 3 aromatic heterocycles. The van der Waals surface area contributed by atoms with Crippen LogP contribution in [0.1, 0.15) is 22.1 Å². The van der Waals surface area contributed by atoms with Crippen LogP contribution in [-0.2, 0) is 17.0 Å². The van der Waals surface area contributed by atoms with Crippen LogP contribution in [0.25, 0.3) is 0 Å². The van der Waals surface area contributed by atoms with Crippen LogP contribution in [0.5, 0.6) is 0 Å². The molecule has 0 spiro atoms. The Morgan fingerprint density at radius 2 is 2.27 bits per heavy atom. The number of hydrogen-bond acceptors (Lipinski definition) is 7. The van der Waals surface area contributed by atoms with Crippen molar-refractivity contribution in [3.63, 3.8) is 0 Å². The fourth-order valence-corrected chi connectivity index (χ4v) is 2.65. The molecule has 22 heavy (non-hydrogen) atoms. The van der Waals surface area contributed by atoms with Crippen LogP contribution in [0.2, 0.25) is 0 Å². The molecule has 0 aliphatic carbocycles. The summed E-state index contributed by atoms with van der Waals surface area (Å²) in [5.74, 6) is 1.73. The molecule has 0 saturated carbocycles. The third-order valence-electron chi connectivity index (χ3n) is 2.88. The molecule has 0 aliphatic heterocycles. The first kappa shape index (κ1) is 14.5. The van der Waals surface area contributed by atoms with Crippen molar-refractivity contribution in [1.82, 2.24) is 14.8 Å². The van der Waals surface area contributed by atoms with Crippen molar-refractivity contribution in [3.05, 3.63) is 54.1 Å². The van der Waals surface area contributed by atoms with Gasteiger partial charge in [-0.1, -0.05) is 11.8 Å². The van der Waals surface area contributed by atoms with Gasteiger partial charge in [0.05, 0.1) is 25.7 Å². The fourth-order valence-electron chi connectivity index (χ4n) is 1.84. The van der Waals surface area contributed by atoms with Crippen LogP contribution in [0, 0.1) is 0 Å². The van der Waals surface area contributed by atoms with Crippen molar-refractivity contribution in [2.45, 2.75) is 17.5 Å². The van der Waals surface area contributed by atoms with E-state index in [2.05, 4.69) is 14.9 Å². The highest BCUT2D eigenvalue weighted by Gasteiger charge is 2.13. The lowest BCUT2D eigenvalue weighted by Crippen LogP contribution is -1.99. The summed E-state index contributed by atoms with van der Waals surface area (Å²) in [5.41, 5.74) is 0. The highest BCUT2D eigenvalue weighted by atomic mass is 32.2. The second kappa shape index (κ2) is 6.52. The standard InChI is InChI=1S/C14H13N3O4S/c1-19-13(18)12-5-4-11(21-12)8-22-14-16-15-9-17(14)7-10-3-2-6-20-10/h2-6,9H,7-8H2,1H3. The van der Waals surface area contributed by atoms with Crippen LogP contribution >= 0.6 is 11.8 Å². The molecular formula is C14H13N3O4S. The zero-order valence-electron chi connectivity index (χ0n) is 11.8. The first-order chi connectivity index (χ1) is 10.8. The van der Waals surface area contributed by atoms with E-state index in [1.807, 2.05) is 16.7 Å². The predicted molar refractivity (Wildman–Crippen MR) is 77.4 cm³/mol. The van der Waals surface area contributed by atoms with Crippen LogP contribution in [0.4, 0.5) is 0 Å². The van der Waals surface area contributed by atoms with Gasteiger partial charge in [-0.05, 0) is 24.3 Å². The second-order valence-electron chi connectivity index (χ2n) is 4.37. The lowest BCUT2D eigenvalue weighted by Gasteiger charge is -2.03. The van der Waals surface area contributed by atoms with Crippen molar-refractivity contribution >= 4 is 17.7 Å². The summed E-state index contributed by atoms with van der Waals surface area (Å²) in [6, 6.07) is 7.06. The molecular weight excluding hydrogens is 306 g/mol. The number of methoxy groups -OCH3 is 1. The first-order valence-corrected chi connectivity index (χ1v) is 7.45. The maximum absolute atomic E-state index is 11.3. The predicted octanol–water partition coefficient (Wildman–Crippen LogP) is 2.59. The lowest BCUT2D eigenvalue weighted by atomic mass is 10.4. The van der Waals surface area contributed by atoms with E-state index in [-0.39, 0.29) is 5.76 Å². The van der Waals surface area contributed by atoms with E-state index in [0.29, 0.717) is 18.1 Å². The van der Waals surface area contributed by atoms with Crippen LogP contribution < -0.4 is 0 Å². The smallest absolute Gasteiger partial charge is 0.373 e. The maximum atomic E-state index is 11.3. The Balaban J connectivity index is 1.63. The Morgan fingerprint density at radius 3 is 3.05 bits per heavy atom. The van der Waals surface area contributed by atoms with Crippen molar-refractivity contribution in [2.24, 2.45) is 0 Å². The van der Waals surface area contributed by atoms with Gasteiger partial charge in [-0.3, -0.25) is 0 Å². The van der Waals surface area contributed by atoms with Gasteiger partial charge in [0, 0.05) is 0 Å². The number of furan rings is 2. The van der Waals surface area contributed by atoms with Gasteiger partial charge in [0.15, 0.2) is 5.16 Å². The van der Waals surface area contributed by atoms with E-state index >= 15 is 0 Å². The number of carbonyl (C=O) groups is 1. The van der Waals surface area contributed by atoms with Gasteiger partial charge in [-0.15, -0.1) is 10.2 Å². The molecule has 0 aromatic carbocycles. The number of rotatable bonds is 6. The molecule has 0 amide bonds. The molecule has 0 bridgehead atoms. The monoisotopic (exact) mass is 319 g/mol. The van der Waals surface area contributed by atoms with Crippen LogP contribution in [-0.4, -0.2) is 27.8 Å². The normalized spacial score (nSPS) is 10.8. The number of esters is 1. The van der Waals surface area contributed by atoms with Gasteiger partial charge in [-0.25, -0.2) is 4.79 Å². The zero-order chi connectivity index (χ0) is 15.4. The van der Waals surface area contributed by atoms with E-state index in [4.69, 9.17) is 8.83 Å². The fraction of sp³-hybridized carbons (Fsp3) is 0.214. The Morgan fingerprint density at radius 1 is 1.36 bits per heavy atom. The number of carbonyl (C=O) groups excluding carboxylic acids is 1. The largest absolute Gasteiger partial charge is 0.467 e. The van der Waals surface area contributed by atoms with E-state index in [0.717, 1.165) is 10.9 Å². The zero-order valence-corrected chi connectivity index (χ0v) is 12.6. The summed E-state index contributed by atoms with van der Waals surface area (Å²) in [6.07, 6.45) is 3.27. The van der Waals surface area contributed by atoms with Gasteiger partial charge < -0.3 is 18.1 Å². The Hall–Kier alpha value is -2.48. The van der Waals surface area contributed by atoms with Gasteiger partial charge in [-0.2, -0.15) is 0 Å². The minimum Gasteiger partial charge on any atom is -0.467 e. The van der Waals surface area contributed by atoms with Crippen molar-refractivity contribution in [1.29, 1.82) is 0 Å². The molecule has 0 radical (unpaired) electrons. The molecule has 8 heteroatoms. The minimum atomic E-state index is -0.489. The number of hydrogen-bond donors (Lipinski definition) is 0. The highest BCUT2D eigenvalue weighted by Crippen LogP contribution is 2.23. The minimum absolute atomic E-state index is 0.190. The number of aromatic nitrogens is 3. The number of thioether (sulfide) groups is 1. The summed E-state index contributed by atoms with van der Waals surface area (Å²) < 4.78 is 17.2. The lowest BCUT2D eigenvalue weighted by molar-refractivity contribution is 0.0563. The van der Waals surface area contributed by atoms with Crippen LogP contribution in [0.3, 0.4) is 0 Å². The molecule has 3 heterocycles. The summed E-state index contributed by atoms with van der Waals surface area (Å²) in [7, 11) is 1.32. The Kier molecular flexibility index (Phi) is 4.29. The van der Waals surface area contributed by atoms with Gasteiger partial charge in [0.25, 0.3) is 0 Å². The molecule has 0 aliphatic rings. The molecule has 7 nitrogen and oxygen atoms in total. The molecule has 114 valence electrons. The van der Waals surface area contributed by atoms with E-state index < -0.39 is 5.97 Å². The van der Waals surface area contributed by atoms with Gasteiger partial charge in [0.2, 0.25) is 5.76 Å². The summed E-state index contributed by atoms with van der Waals surface area (Å²) >= 11 is 1.46. The quantitative estimate of drug-likeness (QED) is 0.510. The molecule has 3 aromatic rings. The third kappa shape index (κ3) is 3.22. The maximum Gasteiger partial charge on any atom is 0.373 e. The molecule has 0 N–H and O–H groups in total. The summed E-state index contributed by atoms with van der Waals surface area (Å²) in [5, 5.41) is 8.72. The molecule has 3 rings (SSSR count). The summed E-state index contributed by atoms with van der Waals surface area (Å²) in [6.45, 7) is 0.563. The molecule has 0 fully saturated rings. The van der Waals surface area contributed by atoms with Crippen molar-refractivity contribution in [3.8, 4) is 0 Å².